The van der Waals surface area contributed by atoms with E-state index in [4.69, 9.17) is 5.26 Å². The zero-order valence-corrected chi connectivity index (χ0v) is 8.83. The van der Waals surface area contributed by atoms with Gasteiger partial charge in [-0.1, -0.05) is 12.1 Å². The molecule has 0 amide bonds. The molecule has 0 radical (unpaired) electrons. The fraction of sp³-hybridized carbons (Fsp3) is 0.167. The van der Waals surface area contributed by atoms with Crippen LogP contribution in [0.4, 0.5) is 0 Å². The van der Waals surface area contributed by atoms with Gasteiger partial charge in [0.05, 0.1) is 11.6 Å². The Bertz CT molecular complexity index is 539. The number of rotatable bonds is 2. The van der Waals surface area contributed by atoms with Gasteiger partial charge in [-0.15, -0.1) is 0 Å². The highest BCUT2D eigenvalue weighted by molar-refractivity contribution is 5.35. The summed E-state index contributed by atoms with van der Waals surface area (Å²) in [6.45, 7) is 0. The number of aliphatic hydroxyl groups is 1. The number of nitrogens with zero attached hydrogens (tertiary/aromatic N) is 3. The van der Waals surface area contributed by atoms with E-state index in [0.29, 0.717) is 17.0 Å². The number of aliphatic hydroxyl groups excluding tert-OH is 1. The molecule has 0 aliphatic carbocycles. The van der Waals surface area contributed by atoms with Gasteiger partial charge in [0.25, 0.3) is 0 Å². The molecular formula is C12H11N3O. The first kappa shape index (κ1) is 10.4. The van der Waals surface area contributed by atoms with Gasteiger partial charge < -0.3 is 9.67 Å². The molecule has 0 saturated carbocycles. The van der Waals surface area contributed by atoms with E-state index in [9.17, 15) is 5.11 Å². The Morgan fingerprint density at radius 2 is 2.31 bits per heavy atom. The molecule has 1 N–H and O–H groups in total. The lowest BCUT2D eigenvalue weighted by atomic mass is 10.1. The molecule has 0 fully saturated rings. The SMILES string of the molecule is Cn1ccnc1C(O)c1cccc(C#N)c1. The fourth-order valence-electron chi connectivity index (χ4n) is 1.57. The fourth-order valence-corrected chi connectivity index (χ4v) is 1.57. The van der Waals surface area contributed by atoms with E-state index >= 15 is 0 Å². The lowest BCUT2D eigenvalue weighted by molar-refractivity contribution is 0.206. The number of hydrogen-bond acceptors (Lipinski definition) is 3. The summed E-state index contributed by atoms with van der Waals surface area (Å²) in [5, 5.41) is 18.9. The molecular weight excluding hydrogens is 202 g/mol. The number of aromatic nitrogens is 2. The summed E-state index contributed by atoms with van der Waals surface area (Å²) in [5.74, 6) is 0.565. The normalized spacial score (nSPS) is 12.1. The Morgan fingerprint density at radius 1 is 1.50 bits per heavy atom. The van der Waals surface area contributed by atoms with Gasteiger partial charge in [0, 0.05) is 19.4 Å². The second-order valence-electron chi connectivity index (χ2n) is 3.54. The summed E-state index contributed by atoms with van der Waals surface area (Å²) in [6, 6.07) is 8.94. The predicted octanol–water partition coefficient (Wildman–Crippen LogP) is 1.37. The van der Waals surface area contributed by atoms with Gasteiger partial charge in [-0.2, -0.15) is 5.26 Å². The van der Waals surface area contributed by atoms with Crippen molar-refractivity contribution in [3.8, 4) is 6.07 Å². The average Bonchev–Trinajstić information content (AvgIpc) is 2.74. The first-order chi connectivity index (χ1) is 7.72. The summed E-state index contributed by atoms with van der Waals surface area (Å²) in [5.41, 5.74) is 1.21. The standard InChI is InChI=1S/C12H11N3O/c1-15-6-5-14-12(15)11(16)10-4-2-3-9(7-10)8-13/h2-7,11,16H,1H3. The number of imidazole rings is 1. The van der Waals surface area contributed by atoms with Crippen LogP contribution in [0.1, 0.15) is 23.1 Å². The third kappa shape index (κ3) is 1.81. The molecule has 4 heteroatoms. The maximum absolute atomic E-state index is 10.1. The van der Waals surface area contributed by atoms with Crippen LogP contribution in [0.3, 0.4) is 0 Å². The number of aryl methyl sites for hydroxylation is 1. The molecule has 1 atom stereocenters. The molecule has 1 aromatic carbocycles. The van der Waals surface area contributed by atoms with Crippen LogP contribution in [0.2, 0.25) is 0 Å². The Labute approximate surface area is 93.4 Å². The summed E-state index contributed by atoms with van der Waals surface area (Å²) >= 11 is 0. The first-order valence-electron chi connectivity index (χ1n) is 4.87. The van der Waals surface area contributed by atoms with Gasteiger partial charge in [0.2, 0.25) is 0 Å². The summed E-state index contributed by atoms with van der Waals surface area (Å²) in [4.78, 5) is 4.08. The third-order valence-corrected chi connectivity index (χ3v) is 2.43. The van der Waals surface area contributed by atoms with E-state index in [0.717, 1.165) is 0 Å². The second kappa shape index (κ2) is 4.17. The van der Waals surface area contributed by atoms with Gasteiger partial charge in [-0.3, -0.25) is 0 Å². The van der Waals surface area contributed by atoms with Crippen LogP contribution in [-0.4, -0.2) is 14.7 Å². The molecule has 0 saturated heterocycles. The van der Waals surface area contributed by atoms with E-state index in [1.165, 1.54) is 0 Å². The van der Waals surface area contributed by atoms with Crippen LogP contribution in [0.25, 0.3) is 0 Å². The Balaban J connectivity index is 2.38. The van der Waals surface area contributed by atoms with E-state index in [1.807, 2.05) is 13.1 Å². The quantitative estimate of drug-likeness (QED) is 0.819. The van der Waals surface area contributed by atoms with Crippen LogP contribution in [0.15, 0.2) is 36.7 Å². The molecule has 2 rings (SSSR count). The Hall–Kier alpha value is -2.12. The minimum absolute atomic E-state index is 0.533. The molecule has 2 aromatic rings. The van der Waals surface area contributed by atoms with Crippen LogP contribution in [0, 0.1) is 11.3 Å². The van der Waals surface area contributed by atoms with Crippen LogP contribution in [-0.2, 0) is 7.05 Å². The van der Waals surface area contributed by atoms with E-state index < -0.39 is 6.10 Å². The van der Waals surface area contributed by atoms with Crippen molar-refractivity contribution in [2.75, 3.05) is 0 Å². The predicted molar refractivity (Wildman–Crippen MR) is 58.4 cm³/mol. The second-order valence-corrected chi connectivity index (χ2v) is 3.54. The summed E-state index contributed by atoms with van der Waals surface area (Å²) in [7, 11) is 1.82. The minimum Gasteiger partial charge on any atom is -0.380 e. The molecule has 1 unspecified atom stereocenters. The van der Waals surface area contributed by atoms with Gasteiger partial charge in [0.15, 0.2) is 0 Å². The van der Waals surface area contributed by atoms with E-state index in [-0.39, 0.29) is 0 Å². The van der Waals surface area contributed by atoms with Crippen molar-refractivity contribution in [2.24, 2.45) is 7.05 Å². The molecule has 1 aromatic heterocycles. The molecule has 0 aliphatic heterocycles. The lowest BCUT2D eigenvalue weighted by Gasteiger charge is -2.10. The molecule has 4 nitrogen and oxygen atoms in total. The highest BCUT2D eigenvalue weighted by Crippen LogP contribution is 2.20. The van der Waals surface area contributed by atoms with E-state index in [2.05, 4.69) is 4.98 Å². The monoisotopic (exact) mass is 213 g/mol. The largest absolute Gasteiger partial charge is 0.380 e. The third-order valence-electron chi connectivity index (χ3n) is 2.43. The van der Waals surface area contributed by atoms with Crippen molar-refractivity contribution >= 4 is 0 Å². The van der Waals surface area contributed by atoms with Crippen molar-refractivity contribution in [1.82, 2.24) is 9.55 Å². The molecule has 1 heterocycles. The van der Waals surface area contributed by atoms with Crippen molar-refractivity contribution < 1.29 is 5.11 Å². The highest BCUT2D eigenvalue weighted by Gasteiger charge is 2.14. The smallest absolute Gasteiger partial charge is 0.142 e. The van der Waals surface area contributed by atoms with Crippen LogP contribution >= 0.6 is 0 Å². The van der Waals surface area contributed by atoms with E-state index in [1.54, 1.807) is 41.2 Å². The molecule has 80 valence electrons. The Kier molecular flexibility index (Phi) is 2.71. The van der Waals surface area contributed by atoms with Gasteiger partial charge in [-0.05, 0) is 17.7 Å². The maximum atomic E-state index is 10.1. The van der Waals surface area contributed by atoms with Gasteiger partial charge >= 0.3 is 0 Å². The molecule has 0 spiro atoms. The first-order valence-corrected chi connectivity index (χ1v) is 4.87. The lowest BCUT2D eigenvalue weighted by Crippen LogP contribution is -2.06. The Morgan fingerprint density at radius 3 is 2.94 bits per heavy atom. The van der Waals surface area contributed by atoms with Gasteiger partial charge in [0.1, 0.15) is 11.9 Å². The summed E-state index contributed by atoms with van der Waals surface area (Å²) < 4.78 is 1.75. The van der Waals surface area contributed by atoms with Crippen molar-refractivity contribution in [3.05, 3.63) is 53.6 Å². The number of nitriles is 1. The summed E-state index contributed by atoms with van der Waals surface area (Å²) in [6.07, 6.45) is 2.60. The molecule has 16 heavy (non-hydrogen) atoms. The van der Waals surface area contributed by atoms with Crippen LogP contribution < -0.4 is 0 Å². The average molecular weight is 213 g/mol. The van der Waals surface area contributed by atoms with Crippen LogP contribution in [0.5, 0.6) is 0 Å². The zero-order chi connectivity index (χ0) is 11.5. The topological polar surface area (TPSA) is 61.8 Å². The number of hydrogen-bond donors (Lipinski definition) is 1. The maximum Gasteiger partial charge on any atom is 0.142 e. The van der Waals surface area contributed by atoms with Gasteiger partial charge in [-0.25, -0.2) is 4.98 Å². The van der Waals surface area contributed by atoms with Crippen molar-refractivity contribution in [1.29, 1.82) is 5.26 Å². The minimum atomic E-state index is -0.798. The van der Waals surface area contributed by atoms with Crippen molar-refractivity contribution in [3.63, 3.8) is 0 Å². The van der Waals surface area contributed by atoms with Crippen molar-refractivity contribution in [2.45, 2.75) is 6.10 Å². The highest BCUT2D eigenvalue weighted by atomic mass is 16.3. The molecule has 0 aliphatic rings. The zero-order valence-electron chi connectivity index (χ0n) is 8.83. The number of benzene rings is 1. The molecule has 0 bridgehead atoms.